The Kier molecular flexibility index (Phi) is 2.72. The third kappa shape index (κ3) is 1.75. The Balaban J connectivity index is 2.44. The smallest absolute Gasteiger partial charge is 0.293 e. The van der Waals surface area contributed by atoms with Gasteiger partial charge in [-0.1, -0.05) is 11.6 Å². The van der Waals surface area contributed by atoms with Crippen LogP contribution < -0.4 is 11.3 Å². The van der Waals surface area contributed by atoms with Crippen LogP contribution in [0.5, 0.6) is 0 Å². The molecule has 0 saturated heterocycles. The standard InChI is InChI=1S/C12H7ClFN3O3/c1-6-4-7(2-3-8(6)13)16-10(18)5-9(14)17-11(16)15-20-12(17)19/h2-5H,1H3. The van der Waals surface area contributed by atoms with Crippen molar-refractivity contribution in [3.63, 3.8) is 0 Å². The van der Waals surface area contributed by atoms with Crippen LogP contribution in [0.25, 0.3) is 11.5 Å². The second-order valence-electron chi connectivity index (χ2n) is 4.16. The molecule has 6 nitrogen and oxygen atoms in total. The summed E-state index contributed by atoms with van der Waals surface area (Å²) in [6.07, 6.45) is 0. The largest absolute Gasteiger partial charge is 0.449 e. The number of hydrogen-bond acceptors (Lipinski definition) is 4. The van der Waals surface area contributed by atoms with Gasteiger partial charge in [0.25, 0.3) is 11.3 Å². The van der Waals surface area contributed by atoms with Crippen LogP contribution in [0.2, 0.25) is 5.02 Å². The summed E-state index contributed by atoms with van der Waals surface area (Å²) in [4.78, 5) is 23.3. The van der Waals surface area contributed by atoms with Crippen molar-refractivity contribution in [3.05, 3.63) is 61.7 Å². The van der Waals surface area contributed by atoms with E-state index >= 15 is 0 Å². The minimum Gasteiger partial charge on any atom is -0.293 e. The summed E-state index contributed by atoms with van der Waals surface area (Å²) >= 11 is 5.92. The Bertz CT molecular complexity index is 941. The number of aryl methyl sites for hydroxylation is 1. The maximum Gasteiger partial charge on any atom is 0.449 e. The van der Waals surface area contributed by atoms with Gasteiger partial charge in [-0.15, -0.1) is 0 Å². The normalized spacial score (nSPS) is 11.2. The first-order valence-corrected chi connectivity index (χ1v) is 5.93. The molecule has 2 heterocycles. The molecule has 1 aromatic carbocycles. The first kappa shape index (κ1) is 12.6. The SMILES string of the molecule is Cc1cc(-n2c(=O)cc(F)n3c(=O)onc23)ccc1Cl. The maximum absolute atomic E-state index is 13.6. The van der Waals surface area contributed by atoms with Crippen molar-refractivity contribution in [1.29, 1.82) is 0 Å². The minimum absolute atomic E-state index is 0.235. The van der Waals surface area contributed by atoms with Gasteiger partial charge in [0.2, 0.25) is 5.95 Å². The molecule has 0 amide bonds. The van der Waals surface area contributed by atoms with Gasteiger partial charge in [0.15, 0.2) is 0 Å². The van der Waals surface area contributed by atoms with E-state index in [1.54, 1.807) is 25.1 Å². The lowest BCUT2D eigenvalue weighted by atomic mass is 10.2. The van der Waals surface area contributed by atoms with Crippen molar-refractivity contribution in [3.8, 4) is 5.69 Å². The molecule has 0 atom stereocenters. The molecule has 20 heavy (non-hydrogen) atoms. The number of aromatic nitrogens is 3. The van der Waals surface area contributed by atoms with Gasteiger partial charge in [-0.25, -0.2) is 9.36 Å². The third-order valence-corrected chi connectivity index (χ3v) is 3.29. The highest BCUT2D eigenvalue weighted by Gasteiger charge is 2.16. The molecule has 0 N–H and O–H groups in total. The van der Waals surface area contributed by atoms with Crippen molar-refractivity contribution in [2.24, 2.45) is 0 Å². The van der Waals surface area contributed by atoms with E-state index in [0.717, 1.165) is 10.1 Å². The van der Waals surface area contributed by atoms with Crippen LogP contribution in [0.3, 0.4) is 0 Å². The summed E-state index contributed by atoms with van der Waals surface area (Å²) in [6.45, 7) is 1.76. The first-order chi connectivity index (χ1) is 9.49. The number of fused-ring (bicyclic) bond motifs is 1. The Morgan fingerprint density at radius 2 is 2.05 bits per heavy atom. The quantitative estimate of drug-likeness (QED) is 0.639. The second kappa shape index (κ2) is 4.31. The molecule has 0 aliphatic rings. The molecule has 3 aromatic rings. The molecule has 2 aromatic heterocycles. The number of halogens is 2. The predicted molar refractivity (Wildman–Crippen MR) is 69.0 cm³/mol. The second-order valence-corrected chi connectivity index (χ2v) is 4.57. The summed E-state index contributed by atoms with van der Waals surface area (Å²) in [6, 6.07) is 5.47. The van der Waals surface area contributed by atoms with Crippen LogP contribution in [0.1, 0.15) is 5.56 Å². The fourth-order valence-corrected chi connectivity index (χ4v) is 2.02. The predicted octanol–water partition coefficient (Wildman–Crippen LogP) is 1.54. The van der Waals surface area contributed by atoms with E-state index < -0.39 is 17.3 Å². The van der Waals surface area contributed by atoms with Gasteiger partial charge in [0.05, 0.1) is 11.8 Å². The van der Waals surface area contributed by atoms with Gasteiger partial charge in [-0.3, -0.25) is 9.32 Å². The fraction of sp³-hybridized carbons (Fsp3) is 0.0833. The lowest BCUT2D eigenvalue weighted by Gasteiger charge is -2.08. The first-order valence-electron chi connectivity index (χ1n) is 5.55. The molecule has 0 unspecified atom stereocenters. The lowest BCUT2D eigenvalue weighted by molar-refractivity contribution is 0.381. The summed E-state index contributed by atoms with van der Waals surface area (Å²) in [5.74, 6) is -2.27. The number of rotatable bonds is 1. The van der Waals surface area contributed by atoms with E-state index in [9.17, 15) is 14.0 Å². The highest BCUT2D eigenvalue weighted by atomic mass is 35.5. The molecule has 0 spiro atoms. The van der Waals surface area contributed by atoms with Crippen molar-refractivity contribution in [2.45, 2.75) is 6.92 Å². The van der Waals surface area contributed by atoms with Gasteiger partial charge in [0, 0.05) is 5.02 Å². The van der Waals surface area contributed by atoms with E-state index in [1.807, 2.05) is 0 Å². The minimum atomic E-state index is -1.03. The van der Waals surface area contributed by atoms with Crippen LogP contribution in [0, 0.1) is 12.9 Å². The zero-order valence-corrected chi connectivity index (χ0v) is 10.9. The number of nitrogens with zero attached hydrogens (tertiary/aromatic N) is 3. The van der Waals surface area contributed by atoms with Crippen molar-refractivity contribution < 1.29 is 8.91 Å². The molecule has 102 valence electrons. The topological polar surface area (TPSA) is 69.5 Å². The van der Waals surface area contributed by atoms with E-state index in [1.165, 1.54) is 0 Å². The third-order valence-electron chi connectivity index (χ3n) is 2.86. The van der Waals surface area contributed by atoms with E-state index in [2.05, 4.69) is 9.68 Å². The molecule has 3 rings (SSSR count). The molecule has 8 heteroatoms. The molecule has 0 aliphatic heterocycles. The van der Waals surface area contributed by atoms with Crippen LogP contribution in [-0.4, -0.2) is 14.1 Å². The fourth-order valence-electron chi connectivity index (χ4n) is 1.91. The monoisotopic (exact) mass is 295 g/mol. The van der Waals surface area contributed by atoms with E-state index in [4.69, 9.17) is 11.6 Å². The Morgan fingerprint density at radius 3 is 2.75 bits per heavy atom. The summed E-state index contributed by atoms with van der Waals surface area (Å²) < 4.78 is 19.6. The maximum atomic E-state index is 13.6. The van der Waals surface area contributed by atoms with Gasteiger partial charge >= 0.3 is 5.76 Å². The zero-order valence-electron chi connectivity index (χ0n) is 10.1. The number of benzene rings is 1. The van der Waals surface area contributed by atoms with E-state index in [0.29, 0.717) is 21.2 Å². The van der Waals surface area contributed by atoms with Crippen molar-refractivity contribution >= 4 is 17.4 Å². The molecular weight excluding hydrogens is 289 g/mol. The van der Waals surface area contributed by atoms with Crippen LogP contribution in [-0.2, 0) is 0 Å². The van der Waals surface area contributed by atoms with Crippen LogP contribution >= 0.6 is 11.6 Å². The Labute approximate surface area is 115 Å². The van der Waals surface area contributed by atoms with E-state index in [-0.39, 0.29) is 5.78 Å². The lowest BCUT2D eigenvalue weighted by Crippen LogP contribution is -2.24. The molecule has 0 saturated carbocycles. The highest BCUT2D eigenvalue weighted by Crippen LogP contribution is 2.19. The molecule has 0 radical (unpaired) electrons. The van der Waals surface area contributed by atoms with Gasteiger partial charge in [0.1, 0.15) is 0 Å². The van der Waals surface area contributed by atoms with Crippen LogP contribution in [0.15, 0.2) is 38.4 Å². The van der Waals surface area contributed by atoms with Gasteiger partial charge < -0.3 is 0 Å². The molecule has 0 fully saturated rings. The highest BCUT2D eigenvalue weighted by molar-refractivity contribution is 6.31. The molecule has 0 aliphatic carbocycles. The molecular formula is C12H7ClFN3O3. The average molecular weight is 296 g/mol. The average Bonchev–Trinajstić information content (AvgIpc) is 2.76. The summed E-state index contributed by atoms with van der Waals surface area (Å²) in [7, 11) is 0. The molecule has 0 bridgehead atoms. The van der Waals surface area contributed by atoms with Crippen LogP contribution in [0.4, 0.5) is 4.39 Å². The summed E-state index contributed by atoms with van der Waals surface area (Å²) in [5, 5.41) is 3.96. The summed E-state index contributed by atoms with van der Waals surface area (Å²) in [5.41, 5.74) is 0.463. The van der Waals surface area contributed by atoms with Crippen molar-refractivity contribution in [1.82, 2.24) is 14.1 Å². The number of hydrogen-bond donors (Lipinski definition) is 0. The van der Waals surface area contributed by atoms with Crippen molar-refractivity contribution in [2.75, 3.05) is 0 Å². The van der Waals surface area contributed by atoms with Gasteiger partial charge in [-0.2, -0.15) is 8.79 Å². The Hall–Kier alpha value is -2.41. The Morgan fingerprint density at radius 1 is 1.30 bits per heavy atom. The zero-order chi connectivity index (χ0) is 14.4. The van der Waals surface area contributed by atoms with Gasteiger partial charge in [-0.05, 0) is 35.8 Å².